The molecule has 0 aromatic heterocycles. The zero-order valence-electron chi connectivity index (χ0n) is 9.62. The zero-order valence-corrected chi connectivity index (χ0v) is 14.4. The lowest BCUT2D eigenvalue weighted by molar-refractivity contribution is 0.0954. The van der Waals surface area contributed by atoms with Crippen LogP contribution in [-0.2, 0) is 0 Å². The lowest BCUT2D eigenvalue weighted by atomic mass is 10.2. The average molecular weight is 411 g/mol. The first kappa shape index (κ1) is 14.8. The highest BCUT2D eigenvalue weighted by atomic mass is 79.9. The van der Waals surface area contributed by atoms with E-state index in [0.29, 0.717) is 10.8 Å². The molecule has 1 fully saturated rings. The molecule has 1 unspecified atom stereocenters. The number of thioether (sulfide) groups is 2. The normalized spacial score (nSPS) is 19.6. The Hall–Kier alpha value is 0.350. The summed E-state index contributed by atoms with van der Waals surface area (Å²) < 4.78 is 1.81. The quantitative estimate of drug-likeness (QED) is 0.821. The number of carbonyl (C=O) groups excluding carboxylic acids is 1. The van der Waals surface area contributed by atoms with Crippen molar-refractivity contribution in [2.75, 3.05) is 23.8 Å². The molecule has 1 N–H and O–H groups in total. The van der Waals surface area contributed by atoms with Crippen molar-refractivity contribution in [2.45, 2.75) is 5.25 Å². The van der Waals surface area contributed by atoms with Crippen LogP contribution in [0.1, 0.15) is 10.4 Å². The number of carbonyl (C=O) groups is 1. The highest BCUT2D eigenvalue weighted by Crippen LogP contribution is 2.24. The van der Waals surface area contributed by atoms with Crippen LogP contribution in [0, 0.1) is 0 Å². The molecule has 2 nitrogen and oxygen atoms in total. The van der Waals surface area contributed by atoms with Gasteiger partial charge in [0.05, 0.1) is 0 Å². The molecule has 1 amide bonds. The molecule has 1 aliphatic heterocycles. The molecule has 1 aliphatic rings. The fourth-order valence-electron chi connectivity index (χ4n) is 1.65. The molecule has 1 aromatic carbocycles. The van der Waals surface area contributed by atoms with Gasteiger partial charge in [0.15, 0.2) is 0 Å². The van der Waals surface area contributed by atoms with E-state index in [2.05, 4.69) is 37.2 Å². The fraction of sp³-hybridized carbons (Fsp3) is 0.417. The maximum absolute atomic E-state index is 12.0. The predicted molar refractivity (Wildman–Crippen MR) is 87.7 cm³/mol. The van der Waals surface area contributed by atoms with Crippen LogP contribution in [0.25, 0.3) is 0 Å². The van der Waals surface area contributed by atoms with Gasteiger partial charge in [-0.2, -0.15) is 23.5 Å². The Morgan fingerprint density at radius 2 is 2.00 bits per heavy atom. The predicted octanol–water partition coefficient (Wildman–Crippen LogP) is 3.79. The van der Waals surface area contributed by atoms with Gasteiger partial charge in [0.2, 0.25) is 0 Å². The van der Waals surface area contributed by atoms with E-state index in [1.54, 1.807) is 0 Å². The molecule has 1 atom stereocenters. The number of amides is 1. The lowest BCUT2D eigenvalue weighted by Gasteiger charge is -2.21. The van der Waals surface area contributed by atoms with Gasteiger partial charge in [-0.15, -0.1) is 0 Å². The van der Waals surface area contributed by atoms with Crippen molar-refractivity contribution in [3.05, 3.63) is 32.7 Å². The maximum atomic E-state index is 12.0. The number of benzene rings is 1. The zero-order chi connectivity index (χ0) is 13.0. The van der Waals surface area contributed by atoms with Crippen molar-refractivity contribution in [1.82, 2.24) is 5.32 Å². The third-order valence-electron chi connectivity index (χ3n) is 2.50. The summed E-state index contributed by atoms with van der Waals surface area (Å²) in [5.74, 6) is 3.54. The minimum Gasteiger partial charge on any atom is -0.351 e. The third-order valence-corrected chi connectivity index (χ3v) is 6.26. The summed E-state index contributed by atoms with van der Waals surface area (Å²) in [7, 11) is 0. The minimum absolute atomic E-state index is 0.00632. The van der Waals surface area contributed by atoms with Gasteiger partial charge in [-0.1, -0.05) is 31.9 Å². The lowest BCUT2D eigenvalue weighted by Crippen LogP contribution is -2.33. The molecule has 0 spiro atoms. The Labute approximate surface area is 132 Å². The van der Waals surface area contributed by atoms with Gasteiger partial charge in [0.25, 0.3) is 5.91 Å². The van der Waals surface area contributed by atoms with Gasteiger partial charge in [-0.3, -0.25) is 4.79 Å². The van der Waals surface area contributed by atoms with E-state index >= 15 is 0 Å². The molecule has 98 valence electrons. The smallest absolute Gasteiger partial charge is 0.251 e. The Balaban J connectivity index is 1.90. The van der Waals surface area contributed by atoms with Gasteiger partial charge < -0.3 is 5.32 Å². The van der Waals surface area contributed by atoms with Gasteiger partial charge in [0.1, 0.15) is 0 Å². The molecule has 6 heteroatoms. The maximum Gasteiger partial charge on any atom is 0.251 e. The Bertz CT molecular complexity index is 416. The van der Waals surface area contributed by atoms with E-state index in [-0.39, 0.29) is 5.91 Å². The largest absolute Gasteiger partial charge is 0.351 e. The van der Waals surface area contributed by atoms with Crippen LogP contribution < -0.4 is 5.32 Å². The van der Waals surface area contributed by atoms with Crippen molar-refractivity contribution in [1.29, 1.82) is 0 Å². The summed E-state index contributed by atoms with van der Waals surface area (Å²) in [5, 5.41) is 3.55. The van der Waals surface area contributed by atoms with Crippen LogP contribution in [0.4, 0.5) is 0 Å². The summed E-state index contributed by atoms with van der Waals surface area (Å²) >= 11 is 10.7. The summed E-state index contributed by atoms with van der Waals surface area (Å²) in [5.41, 5.74) is 0.685. The first-order valence-electron chi connectivity index (χ1n) is 5.59. The number of nitrogens with one attached hydrogen (secondary N) is 1. The Morgan fingerprint density at radius 3 is 2.61 bits per heavy atom. The molecule has 1 aromatic rings. The molecule has 1 heterocycles. The van der Waals surface area contributed by atoms with Crippen LogP contribution in [0.15, 0.2) is 27.1 Å². The minimum atomic E-state index is -0.00632. The van der Waals surface area contributed by atoms with Crippen molar-refractivity contribution in [2.24, 2.45) is 0 Å². The number of halogens is 2. The number of hydrogen-bond donors (Lipinski definition) is 1. The van der Waals surface area contributed by atoms with Crippen molar-refractivity contribution < 1.29 is 4.79 Å². The van der Waals surface area contributed by atoms with Crippen molar-refractivity contribution >= 4 is 61.3 Å². The highest BCUT2D eigenvalue weighted by molar-refractivity contribution is 9.11. The van der Waals surface area contributed by atoms with Gasteiger partial charge >= 0.3 is 0 Å². The van der Waals surface area contributed by atoms with E-state index in [4.69, 9.17) is 0 Å². The van der Waals surface area contributed by atoms with E-state index in [0.717, 1.165) is 21.2 Å². The van der Waals surface area contributed by atoms with E-state index < -0.39 is 0 Å². The topological polar surface area (TPSA) is 29.1 Å². The molecule has 0 aliphatic carbocycles. The van der Waals surface area contributed by atoms with E-state index in [9.17, 15) is 4.79 Å². The molecule has 0 radical (unpaired) electrons. The summed E-state index contributed by atoms with van der Waals surface area (Å²) in [6.45, 7) is 0.751. The fourth-order valence-corrected chi connectivity index (χ4v) is 5.55. The van der Waals surface area contributed by atoms with Crippen LogP contribution in [0.2, 0.25) is 0 Å². The summed E-state index contributed by atoms with van der Waals surface area (Å²) in [6.07, 6.45) is 0. The molecule has 2 rings (SSSR count). The standard InChI is InChI=1S/C12H13Br2NOS2/c13-9-3-8(4-10(14)5-9)12(16)15-6-11-7-17-1-2-18-11/h3-5,11H,1-2,6-7H2,(H,15,16). The monoisotopic (exact) mass is 409 g/mol. The molecular weight excluding hydrogens is 398 g/mol. The van der Waals surface area contributed by atoms with Crippen LogP contribution >= 0.6 is 55.4 Å². The number of hydrogen-bond acceptors (Lipinski definition) is 3. The Kier molecular flexibility index (Phi) is 5.92. The van der Waals surface area contributed by atoms with Crippen molar-refractivity contribution in [3.8, 4) is 0 Å². The Morgan fingerprint density at radius 1 is 1.28 bits per heavy atom. The second-order valence-corrected chi connectivity index (χ2v) is 8.33. The van der Waals surface area contributed by atoms with Gasteiger partial charge in [0, 0.05) is 43.6 Å². The molecule has 0 saturated carbocycles. The number of rotatable bonds is 3. The summed E-state index contributed by atoms with van der Waals surface area (Å²) in [4.78, 5) is 12.0. The van der Waals surface area contributed by atoms with Crippen LogP contribution in [-0.4, -0.2) is 35.0 Å². The SMILES string of the molecule is O=C(NCC1CSCCS1)c1cc(Br)cc(Br)c1. The van der Waals surface area contributed by atoms with E-state index in [1.807, 2.05) is 41.7 Å². The summed E-state index contributed by atoms with van der Waals surface area (Å²) in [6, 6.07) is 5.59. The van der Waals surface area contributed by atoms with Gasteiger partial charge in [-0.05, 0) is 18.2 Å². The third kappa shape index (κ3) is 4.47. The van der Waals surface area contributed by atoms with Crippen LogP contribution in [0.3, 0.4) is 0 Å². The highest BCUT2D eigenvalue weighted by Gasteiger charge is 2.16. The molecule has 1 saturated heterocycles. The van der Waals surface area contributed by atoms with Crippen LogP contribution in [0.5, 0.6) is 0 Å². The van der Waals surface area contributed by atoms with Crippen molar-refractivity contribution in [3.63, 3.8) is 0 Å². The first-order valence-corrected chi connectivity index (χ1v) is 9.38. The molecule has 18 heavy (non-hydrogen) atoms. The second-order valence-electron chi connectivity index (χ2n) is 3.94. The average Bonchev–Trinajstić information content (AvgIpc) is 2.36. The van der Waals surface area contributed by atoms with Gasteiger partial charge in [-0.25, -0.2) is 0 Å². The van der Waals surface area contributed by atoms with E-state index in [1.165, 1.54) is 11.5 Å². The molecular formula is C12H13Br2NOS2. The first-order chi connectivity index (χ1) is 8.65. The second kappa shape index (κ2) is 7.22. The molecule has 0 bridgehead atoms.